The molecule has 2 heteroatoms. The molecule has 70 valence electrons. The fourth-order valence-corrected chi connectivity index (χ4v) is 1.49. The first-order valence-electron chi connectivity index (χ1n) is 4.38. The molecule has 0 unspecified atom stereocenters. The van der Waals surface area contributed by atoms with Gasteiger partial charge in [-0.05, 0) is 24.5 Å². The van der Waals surface area contributed by atoms with Gasteiger partial charge < -0.3 is 4.79 Å². The molecule has 13 heavy (non-hydrogen) atoms. The highest BCUT2D eigenvalue weighted by Gasteiger charge is 2.07. The number of thiol groups is 1. The molecule has 0 bridgehead atoms. The second-order valence-corrected chi connectivity index (χ2v) is 3.57. The summed E-state index contributed by atoms with van der Waals surface area (Å²) in [5.41, 5.74) is 2.49. The Morgan fingerprint density at radius 2 is 2.15 bits per heavy atom. The van der Waals surface area contributed by atoms with Crippen LogP contribution in [-0.2, 0) is 11.2 Å². The van der Waals surface area contributed by atoms with E-state index < -0.39 is 0 Å². The summed E-state index contributed by atoms with van der Waals surface area (Å²) in [6.07, 6.45) is 1.79. The molecule has 0 aliphatic heterocycles. The highest BCUT2D eigenvalue weighted by Crippen LogP contribution is 2.12. The van der Waals surface area contributed by atoms with Crippen molar-refractivity contribution < 1.29 is 4.79 Å². The fourth-order valence-electron chi connectivity index (χ4n) is 1.28. The lowest BCUT2D eigenvalue weighted by Gasteiger charge is -2.08. The maximum absolute atomic E-state index is 10.6. The Labute approximate surface area is 84.6 Å². The molecule has 0 radical (unpaired) electrons. The van der Waals surface area contributed by atoms with Gasteiger partial charge in [-0.2, -0.15) is 12.6 Å². The summed E-state index contributed by atoms with van der Waals surface area (Å²) in [6.45, 7) is 2.07. The van der Waals surface area contributed by atoms with Gasteiger partial charge in [0.15, 0.2) is 0 Å². The summed E-state index contributed by atoms with van der Waals surface area (Å²) in [6, 6.07) is 8.14. The average Bonchev–Trinajstić information content (AvgIpc) is 2.17. The molecule has 0 fully saturated rings. The number of aryl methyl sites for hydroxylation is 1. The number of benzene rings is 1. The van der Waals surface area contributed by atoms with Crippen LogP contribution in [0, 0.1) is 12.8 Å². The van der Waals surface area contributed by atoms with E-state index in [1.165, 1.54) is 11.1 Å². The van der Waals surface area contributed by atoms with Crippen molar-refractivity contribution in [3.8, 4) is 0 Å². The molecule has 0 spiro atoms. The van der Waals surface area contributed by atoms with Crippen LogP contribution in [-0.4, -0.2) is 12.0 Å². The van der Waals surface area contributed by atoms with Gasteiger partial charge in [-0.1, -0.05) is 24.3 Å². The predicted octanol–water partition coefficient (Wildman–Crippen LogP) is 2.28. The molecule has 0 amide bonds. The molecule has 1 aromatic carbocycles. The van der Waals surface area contributed by atoms with Crippen LogP contribution in [0.5, 0.6) is 0 Å². The van der Waals surface area contributed by atoms with Gasteiger partial charge in [0.25, 0.3) is 0 Å². The van der Waals surface area contributed by atoms with E-state index in [0.29, 0.717) is 5.75 Å². The van der Waals surface area contributed by atoms with Gasteiger partial charge in [0.1, 0.15) is 6.29 Å². The van der Waals surface area contributed by atoms with Crippen molar-refractivity contribution in [3.05, 3.63) is 35.4 Å². The van der Waals surface area contributed by atoms with Gasteiger partial charge in [0.05, 0.1) is 0 Å². The van der Waals surface area contributed by atoms with E-state index in [1.807, 2.05) is 12.1 Å². The second kappa shape index (κ2) is 5.07. The molecule has 0 aromatic heterocycles. The summed E-state index contributed by atoms with van der Waals surface area (Å²) in [7, 11) is 0. The van der Waals surface area contributed by atoms with Crippen molar-refractivity contribution in [3.63, 3.8) is 0 Å². The standard InChI is InChI=1S/C11H14OS/c1-9-4-2-3-5-11(9)6-10(7-12)8-13/h2-5,7,10,13H,6,8H2,1H3/t10-/m0/s1. The third kappa shape index (κ3) is 2.88. The van der Waals surface area contributed by atoms with Gasteiger partial charge in [0, 0.05) is 11.7 Å². The zero-order chi connectivity index (χ0) is 9.68. The van der Waals surface area contributed by atoms with Crippen LogP contribution in [0.2, 0.25) is 0 Å². The zero-order valence-corrected chi connectivity index (χ0v) is 8.63. The van der Waals surface area contributed by atoms with Gasteiger partial charge in [0.2, 0.25) is 0 Å². The van der Waals surface area contributed by atoms with E-state index in [-0.39, 0.29) is 5.92 Å². The lowest BCUT2D eigenvalue weighted by Crippen LogP contribution is -2.08. The van der Waals surface area contributed by atoms with E-state index >= 15 is 0 Å². The molecule has 0 aliphatic carbocycles. The van der Waals surface area contributed by atoms with Crippen LogP contribution in [0.4, 0.5) is 0 Å². The Morgan fingerprint density at radius 3 is 2.69 bits per heavy atom. The van der Waals surface area contributed by atoms with Crippen molar-refractivity contribution in [2.75, 3.05) is 5.75 Å². The van der Waals surface area contributed by atoms with Crippen LogP contribution in [0.15, 0.2) is 24.3 Å². The first kappa shape index (κ1) is 10.3. The predicted molar refractivity (Wildman–Crippen MR) is 58.3 cm³/mol. The van der Waals surface area contributed by atoms with Crippen molar-refractivity contribution >= 4 is 18.9 Å². The number of carbonyl (C=O) groups is 1. The normalized spacial score (nSPS) is 12.5. The summed E-state index contributed by atoms with van der Waals surface area (Å²) in [4.78, 5) is 10.6. The van der Waals surface area contributed by atoms with E-state index in [9.17, 15) is 4.79 Å². The molecule has 0 N–H and O–H groups in total. The smallest absolute Gasteiger partial charge is 0.124 e. The Morgan fingerprint density at radius 1 is 1.46 bits per heavy atom. The van der Waals surface area contributed by atoms with E-state index in [1.54, 1.807) is 0 Å². The van der Waals surface area contributed by atoms with Gasteiger partial charge in [-0.25, -0.2) is 0 Å². The van der Waals surface area contributed by atoms with E-state index in [0.717, 1.165) is 12.7 Å². The van der Waals surface area contributed by atoms with Crippen molar-refractivity contribution in [1.82, 2.24) is 0 Å². The summed E-state index contributed by atoms with van der Waals surface area (Å²) >= 11 is 4.13. The van der Waals surface area contributed by atoms with Crippen molar-refractivity contribution in [2.24, 2.45) is 5.92 Å². The summed E-state index contributed by atoms with van der Waals surface area (Å²) in [5, 5.41) is 0. The van der Waals surface area contributed by atoms with Crippen LogP contribution < -0.4 is 0 Å². The molecule has 1 rings (SSSR count). The SMILES string of the molecule is Cc1ccccc1C[C@@H](C=O)CS. The number of hydrogen-bond acceptors (Lipinski definition) is 2. The van der Waals surface area contributed by atoms with Gasteiger partial charge in [-0.15, -0.1) is 0 Å². The first-order chi connectivity index (χ1) is 6.27. The third-order valence-corrected chi connectivity index (χ3v) is 2.64. The number of hydrogen-bond donors (Lipinski definition) is 1. The largest absolute Gasteiger partial charge is 0.303 e. The number of aldehydes is 1. The molecular formula is C11H14OS. The molecule has 0 aliphatic rings. The third-order valence-electron chi connectivity index (χ3n) is 2.17. The lowest BCUT2D eigenvalue weighted by molar-refractivity contribution is -0.110. The Bertz CT molecular complexity index is 283. The molecule has 1 nitrogen and oxygen atoms in total. The maximum atomic E-state index is 10.6. The van der Waals surface area contributed by atoms with Gasteiger partial charge in [-0.3, -0.25) is 0 Å². The Kier molecular flexibility index (Phi) is 4.03. The van der Waals surface area contributed by atoms with E-state index in [4.69, 9.17) is 0 Å². The molecule has 1 atom stereocenters. The Hall–Kier alpha value is -0.760. The van der Waals surface area contributed by atoms with Crippen LogP contribution in [0.1, 0.15) is 11.1 Å². The summed E-state index contributed by atoms with van der Waals surface area (Å²) < 4.78 is 0. The Balaban J connectivity index is 2.73. The second-order valence-electron chi connectivity index (χ2n) is 3.21. The zero-order valence-electron chi connectivity index (χ0n) is 7.73. The quantitative estimate of drug-likeness (QED) is 0.575. The fraction of sp³-hybridized carbons (Fsp3) is 0.364. The molecule has 0 saturated carbocycles. The first-order valence-corrected chi connectivity index (χ1v) is 5.02. The van der Waals surface area contributed by atoms with Crippen LogP contribution >= 0.6 is 12.6 Å². The minimum absolute atomic E-state index is 0.0458. The molecular weight excluding hydrogens is 180 g/mol. The lowest BCUT2D eigenvalue weighted by atomic mass is 9.98. The molecule has 1 aromatic rings. The van der Waals surface area contributed by atoms with Crippen molar-refractivity contribution in [2.45, 2.75) is 13.3 Å². The van der Waals surface area contributed by atoms with Crippen LogP contribution in [0.25, 0.3) is 0 Å². The molecule has 0 heterocycles. The maximum Gasteiger partial charge on any atom is 0.124 e. The van der Waals surface area contributed by atoms with Gasteiger partial charge >= 0.3 is 0 Å². The topological polar surface area (TPSA) is 17.1 Å². The van der Waals surface area contributed by atoms with Crippen molar-refractivity contribution in [1.29, 1.82) is 0 Å². The minimum Gasteiger partial charge on any atom is -0.303 e. The number of rotatable bonds is 4. The summed E-state index contributed by atoms with van der Waals surface area (Å²) in [5.74, 6) is 0.669. The minimum atomic E-state index is 0.0458. The number of carbonyl (C=O) groups excluding carboxylic acids is 1. The highest BCUT2D eigenvalue weighted by molar-refractivity contribution is 7.80. The average molecular weight is 194 g/mol. The molecule has 0 saturated heterocycles. The van der Waals surface area contributed by atoms with Crippen LogP contribution in [0.3, 0.4) is 0 Å². The monoisotopic (exact) mass is 194 g/mol. The highest BCUT2D eigenvalue weighted by atomic mass is 32.1. The van der Waals surface area contributed by atoms with E-state index in [2.05, 4.69) is 31.7 Å².